The summed E-state index contributed by atoms with van der Waals surface area (Å²) in [6.07, 6.45) is -0.528. The summed E-state index contributed by atoms with van der Waals surface area (Å²) >= 11 is 0. The number of aromatic nitrogens is 2. The zero-order valence-electron chi connectivity index (χ0n) is 12.1. The maximum Gasteiger partial charge on any atom is 0.442 e. The van der Waals surface area contributed by atoms with Crippen molar-refractivity contribution in [3.05, 3.63) is 24.3 Å². The van der Waals surface area contributed by atoms with Crippen LogP contribution in [0.2, 0.25) is 0 Å². The molecule has 0 saturated heterocycles. The Bertz CT molecular complexity index is 637. The van der Waals surface area contributed by atoms with Gasteiger partial charge in [0.05, 0.1) is 23.2 Å². The molecule has 0 saturated carbocycles. The van der Waals surface area contributed by atoms with E-state index >= 15 is 0 Å². The van der Waals surface area contributed by atoms with Crippen molar-refractivity contribution < 1.29 is 13.6 Å². The average Bonchev–Trinajstić information content (AvgIpc) is 2.62. The van der Waals surface area contributed by atoms with E-state index in [1.165, 1.54) is 4.34 Å². The third-order valence-corrected chi connectivity index (χ3v) is 4.78. The zero-order valence-corrected chi connectivity index (χ0v) is 13.0. The normalized spacial score (nSPS) is 12.7. The lowest BCUT2D eigenvalue weighted by Gasteiger charge is -2.24. The SMILES string of the molecule is CC(C)OP(=O)(OC(C)C)n1c(N)nc2ccccc21. The van der Waals surface area contributed by atoms with Crippen LogP contribution in [0.15, 0.2) is 24.3 Å². The van der Waals surface area contributed by atoms with E-state index in [1.807, 2.05) is 12.1 Å². The lowest BCUT2D eigenvalue weighted by atomic mass is 10.3. The molecule has 1 aromatic heterocycles. The first-order valence-electron chi connectivity index (χ1n) is 6.54. The minimum atomic E-state index is -3.59. The van der Waals surface area contributed by atoms with Gasteiger partial charge in [-0.05, 0) is 39.8 Å². The molecule has 2 N–H and O–H groups in total. The van der Waals surface area contributed by atoms with Crippen LogP contribution in [-0.4, -0.2) is 21.5 Å². The van der Waals surface area contributed by atoms with Crippen LogP contribution in [-0.2, 0) is 13.6 Å². The average molecular weight is 297 g/mol. The fourth-order valence-electron chi connectivity index (χ4n) is 1.94. The molecule has 0 aliphatic rings. The van der Waals surface area contributed by atoms with Crippen molar-refractivity contribution in [2.45, 2.75) is 39.9 Å². The van der Waals surface area contributed by atoms with Crippen LogP contribution in [0.25, 0.3) is 11.0 Å². The van der Waals surface area contributed by atoms with Gasteiger partial charge >= 0.3 is 7.75 Å². The molecule has 7 heteroatoms. The van der Waals surface area contributed by atoms with E-state index in [0.717, 1.165) is 0 Å². The predicted octanol–water partition coefficient (Wildman–Crippen LogP) is 3.42. The summed E-state index contributed by atoms with van der Waals surface area (Å²) in [5, 5.41) is 0. The van der Waals surface area contributed by atoms with Crippen molar-refractivity contribution >= 4 is 24.7 Å². The molecule has 1 heterocycles. The van der Waals surface area contributed by atoms with Gasteiger partial charge < -0.3 is 5.73 Å². The monoisotopic (exact) mass is 297 g/mol. The Morgan fingerprint density at radius 1 is 1.15 bits per heavy atom. The maximum atomic E-state index is 13.1. The second-order valence-corrected chi connectivity index (χ2v) is 6.81. The highest BCUT2D eigenvalue weighted by Crippen LogP contribution is 2.54. The van der Waals surface area contributed by atoms with Gasteiger partial charge in [-0.15, -0.1) is 0 Å². The molecule has 20 heavy (non-hydrogen) atoms. The highest BCUT2D eigenvalue weighted by Gasteiger charge is 2.34. The molecule has 0 spiro atoms. The molecule has 0 fully saturated rings. The number of benzene rings is 1. The molecule has 2 aromatic rings. The van der Waals surface area contributed by atoms with Gasteiger partial charge in [0.1, 0.15) is 0 Å². The van der Waals surface area contributed by atoms with Gasteiger partial charge in [-0.1, -0.05) is 12.1 Å². The highest BCUT2D eigenvalue weighted by molar-refractivity contribution is 7.52. The van der Waals surface area contributed by atoms with Gasteiger partial charge in [-0.25, -0.2) is 13.9 Å². The number of rotatable bonds is 5. The number of nitrogen functional groups attached to an aromatic ring is 1. The Morgan fingerprint density at radius 2 is 1.70 bits per heavy atom. The molecule has 110 valence electrons. The van der Waals surface area contributed by atoms with Crippen molar-refractivity contribution in [3.8, 4) is 0 Å². The summed E-state index contributed by atoms with van der Waals surface area (Å²) in [6.45, 7) is 7.19. The topological polar surface area (TPSA) is 79.4 Å². The Hall–Kier alpha value is -1.36. The third-order valence-electron chi connectivity index (χ3n) is 2.49. The summed E-state index contributed by atoms with van der Waals surface area (Å²) in [6, 6.07) is 7.27. The molecular weight excluding hydrogens is 277 g/mol. The van der Waals surface area contributed by atoms with E-state index in [9.17, 15) is 4.57 Å². The van der Waals surface area contributed by atoms with E-state index in [4.69, 9.17) is 14.8 Å². The minimum absolute atomic E-state index is 0.121. The van der Waals surface area contributed by atoms with Gasteiger partial charge in [0.15, 0.2) is 0 Å². The molecule has 0 aliphatic heterocycles. The van der Waals surface area contributed by atoms with Crippen LogP contribution < -0.4 is 5.73 Å². The lowest BCUT2D eigenvalue weighted by molar-refractivity contribution is 0.137. The van der Waals surface area contributed by atoms with Crippen LogP contribution in [0.1, 0.15) is 27.7 Å². The summed E-state index contributed by atoms with van der Waals surface area (Å²) in [4.78, 5) is 4.20. The van der Waals surface area contributed by atoms with Crippen LogP contribution in [0.4, 0.5) is 5.95 Å². The standard InChI is InChI=1S/C13H20N3O3P/c1-9(2)18-20(17,19-10(3)4)16-12-8-6-5-7-11(12)15-13(16)14/h5-10H,1-4H3,(H2,14,15). The molecule has 0 atom stereocenters. The van der Waals surface area contributed by atoms with E-state index in [-0.39, 0.29) is 18.2 Å². The van der Waals surface area contributed by atoms with Crippen molar-refractivity contribution in [1.29, 1.82) is 0 Å². The number of nitrogens with zero attached hydrogens (tertiary/aromatic N) is 2. The van der Waals surface area contributed by atoms with Crippen molar-refractivity contribution in [2.75, 3.05) is 5.73 Å². The Labute approximate surface area is 118 Å². The Kier molecular flexibility index (Phi) is 4.18. The first kappa shape index (κ1) is 15.0. The Balaban J connectivity index is 2.62. The second kappa shape index (κ2) is 5.56. The summed E-state index contributed by atoms with van der Waals surface area (Å²) in [5.74, 6) is 0.121. The number of anilines is 1. The van der Waals surface area contributed by atoms with Crippen LogP contribution in [0, 0.1) is 0 Å². The Morgan fingerprint density at radius 3 is 2.25 bits per heavy atom. The molecule has 1 aromatic carbocycles. The van der Waals surface area contributed by atoms with E-state index < -0.39 is 7.75 Å². The molecule has 0 aliphatic carbocycles. The zero-order chi connectivity index (χ0) is 14.9. The number of hydrogen-bond acceptors (Lipinski definition) is 5. The van der Waals surface area contributed by atoms with E-state index in [0.29, 0.717) is 11.0 Å². The van der Waals surface area contributed by atoms with Crippen molar-refractivity contribution in [1.82, 2.24) is 9.32 Å². The summed E-state index contributed by atoms with van der Waals surface area (Å²) in [7, 11) is -3.59. The van der Waals surface area contributed by atoms with Crippen molar-refractivity contribution in [3.63, 3.8) is 0 Å². The number of imidazole rings is 1. The number of hydrogen-bond donors (Lipinski definition) is 1. The molecule has 0 radical (unpaired) electrons. The van der Waals surface area contributed by atoms with Crippen LogP contribution >= 0.6 is 7.75 Å². The van der Waals surface area contributed by atoms with Crippen molar-refractivity contribution in [2.24, 2.45) is 0 Å². The number of fused-ring (bicyclic) bond motifs is 1. The molecule has 6 nitrogen and oxygen atoms in total. The lowest BCUT2D eigenvalue weighted by Crippen LogP contribution is -2.14. The molecular formula is C13H20N3O3P. The molecule has 0 bridgehead atoms. The first-order chi connectivity index (χ1) is 9.33. The second-order valence-electron chi connectivity index (χ2n) is 5.05. The van der Waals surface area contributed by atoms with Gasteiger partial charge in [0, 0.05) is 0 Å². The number of para-hydroxylation sites is 2. The van der Waals surface area contributed by atoms with Gasteiger partial charge in [0.25, 0.3) is 0 Å². The van der Waals surface area contributed by atoms with Crippen LogP contribution in [0.3, 0.4) is 0 Å². The third kappa shape index (κ3) is 2.87. The molecule has 2 rings (SSSR count). The number of nitrogens with two attached hydrogens (primary N) is 1. The smallest absolute Gasteiger partial charge is 0.369 e. The minimum Gasteiger partial charge on any atom is -0.369 e. The summed E-state index contributed by atoms with van der Waals surface area (Å²) < 4.78 is 25.6. The van der Waals surface area contributed by atoms with E-state index in [2.05, 4.69) is 4.98 Å². The quantitative estimate of drug-likeness (QED) is 0.855. The largest absolute Gasteiger partial charge is 0.442 e. The predicted molar refractivity (Wildman–Crippen MR) is 79.6 cm³/mol. The van der Waals surface area contributed by atoms with E-state index in [1.54, 1.807) is 39.8 Å². The van der Waals surface area contributed by atoms with Gasteiger partial charge in [-0.2, -0.15) is 0 Å². The fourth-order valence-corrected chi connectivity index (χ4v) is 3.97. The van der Waals surface area contributed by atoms with Gasteiger partial charge in [0.2, 0.25) is 5.95 Å². The fraction of sp³-hybridized carbons (Fsp3) is 0.462. The van der Waals surface area contributed by atoms with Crippen LogP contribution in [0.5, 0.6) is 0 Å². The van der Waals surface area contributed by atoms with Gasteiger partial charge in [-0.3, -0.25) is 9.05 Å². The first-order valence-corrected chi connectivity index (χ1v) is 8.03. The summed E-state index contributed by atoms with van der Waals surface area (Å²) in [5.41, 5.74) is 7.20. The molecule has 0 amide bonds. The molecule has 0 unspecified atom stereocenters. The maximum absolute atomic E-state index is 13.1. The highest BCUT2D eigenvalue weighted by atomic mass is 31.2.